The van der Waals surface area contributed by atoms with E-state index in [4.69, 9.17) is 9.47 Å². The fourth-order valence-corrected chi connectivity index (χ4v) is 3.57. The molecule has 0 saturated carbocycles. The Morgan fingerprint density at radius 2 is 0.938 bits per heavy atom. The van der Waals surface area contributed by atoms with Gasteiger partial charge in [0.25, 0.3) is 0 Å². The fraction of sp³-hybridized carbons (Fsp3) is 0.786. The first-order valence-corrected chi connectivity index (χ1v) is 13.4. The van der Waals surface area contributed by atoms with Gasteiger partial charge in [0.1, 0.15) is 0 Å². The lowest BCUT2D eigenvalue weighted by Gasteiger charge is -2.04. The van der Waals surface area contributed by atoms with Crippen LogP contribution in [0.15, 0.2) is 24.3 Å². The Hall–Kier alpha value is -1.58. The lowest BCUT2D eigenvalue weighted by molar-refractivity contribution is -0.140. The summed E-state index contributed by atoms with van der Waals surface area (Å²) in [7, 11) is 0. The molecule has 4 heteroatoms. The standard InChI is InChI=1S/C28H50O4/c1-3-5-7-9-10-11-12-13-14-15-16-17-18-19-20-22-26-32-28(30)24-23-27(29)31-25-21-8-6-4-2/h6,8,23-24H,3-5,7,9-22,25-26H2,1-2H3/b8-6+,24-23+. The monoisotopic (exact) mass is 450 g/mol. The smallest absolute Gasteiger partial charge is 0.331 e. The molecule has 0 radical (unpaired) electrons. The van der Waals surface area contributed by atoms with Crippen molar-refractivity contribution in [2.45, 2.75) is 129 Å². The van der Waals surface area contributed by atoms with E-state index < -0.39 is 11.9 Å². The molecule has 0 N–H and O–H groups in total. The zero-order chi connectivity index (χ0) is 23.5. The van der Waals surface area contributed by atoms with E-state index in [9.17, 15) is 9.59 Å². The van der Waals surface area contributed by atoms with Gasteiger partial charge in [0.2, 0.25) is 0 Å². The van der Waals surface area contributed by atoms with Crippen molar-refractivity contribution in [3.63, 3.8) is 0 Å². The largest absolute Gasteiger partial charge is 0.463 e. The first-order valence-electron chi connectivity index (χ1n) is 13.4. The molecular formula is C28H50O4. The van der Waals surface area contributed by atoms with E-state index >= 15 is 0 Å². The molecule has 0 aliphatic rings. The van der Waals surface area contributed by atoms with Crippen molar-refractivity contribution >= 4 is 11.9 Å². The van der Waals surface area contributed by atoms with Crippen LogP contribution in [-0.2, 0) is 19.1 Å². The van der Waals surface area contributed by atoms with Crippen molar-refractivity contribution in [1.29, 1.82) is 0 Å². The molecular weight excluding hydrogens is 400 g/mol. The second-order valence-corrected chi connectivity index (χ2v) is 8.64. The number of carbonyl (C=O) groups excluding carboxylic acids is 2. The predicted molar refractivity (Wildman–Crippen MR) is 135 cm³/mol. The van der Waals surface area contributed by atoms with E-state index in [-0.39, 0.29) is 0 Å². The maximum atomic E-state index is 11.6. The summed E-state index contributed by atoms with van der Waals surface area (Å²) < 4.78 is 10.1. The number of carbonyl (C=O) groups is 2. The first-order chi connectivity index (χ1) is 15.7. The molecule has 0 spiro atoms. The van der Waals surface area contributed by atoms with Gasteiger partial charge in [-0.1, -0.05) is 122 Å². The van der Waals surface area contributed by atoms with Crippen LogP contribution in [0.2, 0.25) is 0 Å². The molecule has 0 bridgehead atoms. The molecule has 0 rings (SSSR count). The molecule has 0 fully saturated rings. The Morgan fingerprint density at radius 1 is 0.531 bits per heavy atom. The van der Waals surface area contributed by atoms with E-state index in [2.05, 4.69) is 13.8 Å². The van der Waals surface area contributed by atoms with E-state index in [0.717, 1.165) is 31.4 Å². The second kappa shape index (κ2) is 25.7. The van der Waals surface area contributed by atoms with Crippen LogP contribution in [0.3, 0.4) is 0 Å². The maximum absolute atomic E-state index is 11.6. The molecule has 0 aromatic carbocycles. The summed E-state index contributed by atoms with van der Waals surface area (Å²) in [5, 5.41) is 0. The average molecular weight is 451 g/mol. The number of esters is 2. The third-order valence-corrected chi connectivity index (χ3v) is 5.53. The molecule has 0 aromatic heterocycles. The summed E-state index contributed by atoms with van der Waals surface area (Å²) in [5.41, 5.74) is 0. The average Bonchev–Trinajstić information content (AvgIpc) is 2.79. The maximum Gasteiger partial charge on any atom is 0.331 e. The third-order valence-electron chi connectivity index (χ3n) is 5.53. The minimum absolute atomic E-state index is 0.327. The molecule has 0 amide bonds. The van der Waals surface area contributed by atoms with Gasteiger partial charge < -0.3 is 9.47 Å². The number of ether oxygens (including phenoxy) is 2. The van der Waals surface area contributed by atoms with Gasteiger partial charge in [0.15, 0.2) is 0 Å². The Labute approximate surface area is 198 Å². The quantitative estimate of drug-likeness (QED) is 0.0680. The van der Waals surface area contributed by atoms with Crippen LogP contribution in [0.4, 0.5) is 0 Å². The number of allylic oxidation sites excluding steroid dienone is 1. The van der Waals surface area contributed by atoms with Crippen molar-refractivity contribution in [3.8, 4) is 0 Å². The number of hydrogen-bond acceptors (Lipinski definition) is 4. The van der Waals surface area contributed by atoms with Crippen LogP contribution in [0.25, 0.3) is 0 Å². The highest BCUT2D eigenvalue weighted by atomic mass is 16.5. The van der Waals surface area contributed by atoms with E-state index in [1.54, 1.807) is 0 Å². The summed E-state index contributed by atoms with van der Waals surface area (Å²) in [6.07, 6.45) is 29.1. The summed E-state index contributed by atoms with van der Waals surface area (Å²) in [4.78, 5) is 23.1. The highest BCUT2D eigenvalue weighted by molar-refractivity contribution is 5.91. The van der Waals surface area contributed by atoms with Crippen LogP contribution in [0.5, 0.6) is 0 Å². The van der Waals surface area contributed by atoms with Crippen molar-refractivity contribution in [1.82, 2.24) is 0 Å². The summed E-state index contributed by atoms with van der Waals surface area (Å²) in [5.74, 6) is -0.983. The summed E-state index contributed by atoms with van der Waals surface area (Å²) >= 11 is 0. The molecule has 0 aliphatic heterocycles. The van der Waals surface area contributed by atoms with E-state index in [1.165, 1.54) is 89.9 Å². The summed E-state index contributed by atoms with van der Waals surface area (Å²) in [6, 6.07) is 0. The summed E-state index contributed by atoms with van der Waals surface area (Å²) in [6.45, 7) is 5.07. The van der Waals surface area contributed by atoms with Gasteiger partial charge in [0, 0.05) is 12.2 Å². The molecule has 0 aromatic rings. The molecule has 0 unspecified atom stereocenters. The third kappa shape index (κ3) is 24.7. The van der Waals surface area contributed by atoms with Gasteiger partial charge in [-0.15, -0.1) is 0 Å². The SMILES string of the molecule is CC/C=C/CCOC(=O)/C=C/C(=O)OCCCCCCCCCCCCCCCCCC. The fourth-order valence-electron chi connectivity index (χ4n) is 3.57. The molecule has 0 heterocycles. The topological polar surface area (TPSA) is 52.6 Å². The molecule has 0 aliphatic carbocycles. The Bertz CT molecular complexity index is 482. The van der Waals surface area contributed by atoms with Crippen molar-refractivity contribution in [2.24, 2.45) is 0 Å². The van der Waals surface area contributed by atoms with E-state index in [1.807, 2.05) is 12.2 Å². The molecule has 4 nitrogen and oxygen atoms in total. The number of unbranched alkanes of at least 4 members (excludes halogenated alkanes) is 15. The highest BCUT2D eigenvalue weighted by Gasteiger charge is 2.01. The van der Waals surface area contributed by atoms with Gasteiger partial charge in [-0.3, -0.25) is 0 Å². The zero-order valence-electron chi connectivity index (χ0n) is 21.1. The van der Waals surface area contributed by atoms with E-state index in [0.29, 0.717) is 19.6 Å². The molecule has 0 atom stereocenters. The molecule has 0 saturated heterocycles. The van der Waals surface area contributed by atoms with Gasteiger partial charge in [-0.05, 0) is 19.3 Å². The first kappa shape index (κ1) is 30.4. The predicted octanol–water partition coefficient (Wildman–Crippen LogP) is 8.25. The minimum Gasteiger partial charge on any atom is -0.463 e. The van der Waals surface area contributed by atoms with Crippen LogP contribution >= 0.6 is 0 Å². The lowest BCUT2D eigenvalue weighted by atomic mass is 10.0. The van der Waals surface area contributed by atoms with Crippen molar-refractivity contribution in [2.75, 3.05) is 13.2 Å². The lowest BCUT2D eigenvalue weighted by Crippen LogP contribution is -2.06. The molecule has 32 heavy (non-hydrogen) atoms. The van der Waals surface area contributed by atoms with Crippen LogP contribution in [0.1, 0.15) is 129 Å². The van der Waals surface area contributed by atoms with Crippen molar-refractivity contribution < 1.29 is 19.1 Å². The van der Waals surface area contributed by atoms with Crippen LogP contribution in [-0.4, -0.2) is 25.2 Å². The Balaban J connectivity index is 3.33. The number of rotatable bonds is 23. The van der Waals surface area contributed by atoms with Crippen LogP contribution < -0.4 is 0 Å². The molecule has 186 valence electrons. The van der Waals surface area contributed by atoms with Gasteiger partial charge in [-0.2, -0.15) is 0 Å². The van der Waals surface area contributed by atoms with Gasteiger partial charge in [-0.25, -0.2) is 9.59 Å². The number of hydrogen-bond donors (Lipinski definition) is 0. The van der Waals surface area contributed by atoms with Gasteiger partial charge >= 0.3 is 11.9 Å². The normalized spacial score (nSPS) is 11.4. The Morgan fingerprint density at radius 3 is 1.38 bits per heavy atom. The second-order valence-electron chi connectivity index (χ2n) is 8.64. The Kier molecular flexibility index (Phi) is 24.4. The zero-order valence-corrected chi connectivity index (χ0v) is 21.1. The minimum atomic E-state index is -0.505. The van der Waals surface area contributed by atoms with Crippen LogP contribution in [0, 0.1) is 0 Å². The van der Waals surface area contributed by atoms with Crippen molar-refractivity contribution in [3.05, 3.63) is 24.3 Å². The van der Waals surface area contributed by atoms with Gasteiger partial charge in [0.05, 0.1) is 13.2 Å². The highest BCUT2D eigenvalue weighted by Crippen LogP contribution is 2.13.